The molecule has 0 saturated carbocycles. The molecule has 102 valence electrons. The minimum Gasteiger partial charge on any atom is -0.466 e. The molecule has 3 nitrogen and oxygen atoms in total. The Bertz CT molecular complexity index is 531. The van der Waals surface area contributed by atoms with Crippen LogP contribution in [0.5, 0.6) is 0 Å². The van der Waals surface area contributed by atoms with Crippen LogP contribution in [0.15, 0.2) is 28.9 Å². The van der Waals surface area contributed by atoms with Crippen LogP contribution in [0, 0.1) is 20.8 Å². The van der Waals surface area contributed by atoms with Crippen LogP contribution in [0.3, 0.4) is 0 Å². The number of hydrogen-bond donors (Lipinski definition) is 1. The van der Waals surface area contributed by atoms with Crippen molar-refractivity contribution in [3.63, 3.8) is 0 Å². The van der Waals surface area contributed by atoms with Gasteiger partial charge in [0.15, 0.2) is 0 Å². The van der Waals surface area contributed by atoms with Gasteiger partial charge in [0.25, 0.3) is 0 Å². The number of rotatable bonds is 5. The Hall–Kier alpha value is -1.61. The molecule has 0 bridgehead atoms. The largest absolute Gasteiger partial charge is 0.466 e. The van der Waals surface area contributed by atoms with Gasteiger partial charge in [-0.15, -0.1) is 0 Å². The first-order valence-corrected chi connectivity index (χ1v) is 6.82. The minimum atomic E-state index is 0.284. The Balaban J connectivity index is 2.30. The number of pyridine rings is 1. The maximum Gasteiger partial charge on any atom is 0.106 e. The second-order valence-electron chi connectivity index (χ2n) is 4.93. The fraction of sp³-hybridized carbons (Fsp3) is 0.438. The van der Waals surface area contributed by atoms with Crippen LogP contribution in [0.25, 0.3) is 0 Å². The molecule has 3 heteroatoms. The highest BCUT2D eigenvalue weighted by Crippen LogP contribution is 2.29. The van der Waals surface area contributed by atoms with Crippen molar-refractivity contribution in [1.29, 1.82) is 0 Å². The first-order chi connectivity index (χ1) is 9.13. The first-order valence-electron chi connectivity index (χ1n) is 6.82. The summed E-state index contributed by atoms with van der Waals surface area (Å²) in [5, 5.41) is 3.55. The highest BCUT2D eigenvalue weighted by atomic mass is 16.3. The van der Waals surface area contributed by atoms with Gasteiger partial charge in [0, 0.05) is 24.0 Å². The number of nitrogens with one attached hydrogen (secondary N) is 1. The summed E-state index contributed by atoms with van der Waals surface area (Å²) in [6.45, 7) is 9.28. The fourth-order valence-electron chi connectivity index (χ4n) is 2.60. The zero-order valence-corrected chi connectivity index (χ0v) is 12.2. The molecule has 2 aromatic heterocycles. The molecule has 0 aliphatic rings. The van der Waals surface area contributed by atoms with E-state index in [1.807, 2.05) is 32.3 Å². The predicted octanol–water partition coefficient (Wildman–Crippen LogP) is 3.49. The molecular weight excluding hydrogens is 236 g/mol. The van der Waals surface area contributed by atoms with Gasteiger partial charge in [-0.1, -0.05) is 13.0 Å². The van der Waals surface area contributed by atoms with Crippen molar-refractivity contribution in [2.24, 2.45) is 0 Å². The van der Waals surface area contributed by atoms with E-state index in [9.17, 15) is 0 Å². The summed E-state index contributed by atoms with van der Waals surface area (Å²) in [5.41, 5.74) is 3.79. The van der Waals surface area contributed by atoms with Crippen molar-refractivity contribution in [3.8, 4) is 0 Å². The molecule has 2 aromatic rings. The summed E-state index contributed by atoms with van der Waals surface area (Å²) >= 11 is 0. The molecule has 1 unspecified atom stereocenters. The van der Waals surface area contributed by atoms with Crippen LogP contribution >= 0.6 is 0 Å². The van der Waals surface area contributed by atoms with Gasteiger partial charge in [-0.2, -0.15) is 0 Å². The number of hydrogen-bond acceptors (Lipinski definition) is 3. The van der Waals surface area contributed by atoms with Crippen LogP contribution in [-0.2, 0) is 6.42 Å². The lowest BCUT2D eigenvalue weighted by Crippen LogP contribution is -2.24. The van der Waals surface area contributed by atoms with E-state index in [1.54, 1.807) is 0 Å². The molecule has 0 aliphatic carbocycles. The molecule has 1 N–H and O–H groups in total. The second-order valence-corrected chi connectivity index (χ2v) is 4.93. The van der Waals surface area contributed by atoms with E-state index in [0.717, 1.165) is 24.5 Å². The van der Waals surface area contributed by atoms with E-state index < -0.39 is 0 Å². The van der Waals surface area contributed by atoms with Crippen LogP contribution in [0.1, 0.15) is 41.2 Å². The maximum absolute atomic E-state index is 5.75. The van der Waals surface area contributed by atoms with Crippen molar-refractivity contribution in [3.05, 3.63) is 52.7 Å². The Morgan fingerprint density at radius 3 is 2.58 bits per heavy atom. The standard InChI is InChI=1S/C16H22N2O/c1-5-18-15(9-14-7-6-8-17-10-14)16-11(2)12(3)19-13(16)4/h6-8,10,15,18H,5,9H2,1-4H3. The van der Waals surface area contributed by atoms with Gasteiger partial charge in [-0.3, -0.25) is 4.98 Å². The molecular formula is C16H22N2O. The molecule has 1 atom stereocenters. The number of aromatic nitrogens is 1. The van der Waals surface area contributed by atoms with E-state index in [2.05, 4.69) is 30.2 Å². The number of likely N-dealkylation sites (N-methyl/N-ethyl adjacent to an activating group) is 1. The van der Waals surface area contributed by atoms with Crippen LogP contribution in [-0.4, -0.2) is 11.5 Å². The summed E-state index contributed by atoms with van der Waals surface area (Å²) in [6, 6.07) is 4.39. The Kier molecular flexibility index (Phi) is 4.38. The molecule has 2 rings (SSSR count). The molecule has 0 aromatic carbocycles. The van der Waals surface area contributed by atoms with Crippen LogP contribution in [0.2, 0.25) is 0 Å². The summed E-state index contributed by atoms with van der Waals surface area (Å²) in [7, 11) is 0. The van der Waals surface area contributed by atoms with Crippen molar-refractivity contribution in [1.82, 2.24) is 10.3 Å². The van der Waals surface area contributed by atoms with Gasteiger partial charge in [0.1, 0.15) is 11.5 Å². The second kappa shape index (κ2) is 6.02. The Morgan fingerprint density at radius 1 is 1.26 bits per heavy atom. The molecule has 0 radical (unpaired) electrons. The Labute approximate surface area is 115 Å². The number of aryl methyl sites for hydroxylation is 2. The van der Waals surface area contributed by atoms with E-state index in [4.69, 9.17) is 4.42 Å². The van der Waals surface area contributed by atoms with E-state index in [0.29, 0.717) is 0 Å². The van der Waals surface area contributed by atoms with Gasteiger partial charge in [0.05, 0.1) is 0 Å². The van der Waals surface area contributed by atoms with E-state index in [-0.39, 0.29) is 6.04 Å². The van der Waals surface area contributed by atoms with Crippen molar-refractivity contribution in [2.75, 3.05) is 6.54 Å². The summed E-state index contributed by atoms with van der Waals surface area (Å²) in [6.07, 6.45) is 4.68. The normalized spacial score (nSPS) is 12.6. The molecule has 2 heterocycles. The lowest BCUT2D eigenvalue weighted by atomic mass is 9.96. The lowest BCUT2D eigenvalue weighted by Gasteiger charge is -2.18. The topological polar surface area (TPSA) is 38.1 Å². The van der Waals surface area contributed by atoms with Gasteiger partial charge < -0.3 is 9.73 Å². The van der Waals surface area contributed by atoms with E-state index >= 15 is 0 Å². The molecule has 0 fully saturated rings. The molecule has 0 spiro atoms. The van der Waals surface area contributed by atoms with Crippen LogP contribution < -0.4 is 5.32 Å². The SMILES string of the molecule is CCNC(Cc1cccnc1)c1c(C)oc(C)c1C. The lowest BCUT2D eigenvalue weighted by molar-refractivity contribution is 0.484. The highest BCUT2D eigenvalue weighted by Gasteiger charge is 2.20. The molecule has 0 saturated heterocycles. The third-order valence-corrected chi connectivity index (χ3v) is 3.58. The zero-order valence-electron chi connectivity index (χ0n) is 12.2. The fourth-order valence-corrected chi connectivity index (χ4v) is 2.60. The summed E-state index contributed by atoms with van der Waals surface area (Å²) < 4.78 is 5.75. The van der Waals surface area contributed by atoms with Crippen LogP contribution in [0.4, 0.5) is 0 Å². The molecule has 19 heavy (non-hydrogen) atoms. The first kappa shape index (κ1) is 13.8. The zero-order chi connectivity index (χ0) is 13.8. The third kappa shape index (κ3) is 3.04. The highest BCUT2D eigenvalue weighted by molar-refractivity contribution is 5.35. The van der Waals surface area contributed by atoms with Gasteiger partial charge in [-0.25, -0.2) is 0 Å². The quantitative estimate of drug-likeness (QED) is 0.892. The monoisotopic (exact) mass is 258 g/mol. The number of nitrogens with zero attached hydrogens (tertiary/aromatic N) is 1. The minimum absolute atomic E-state index is 0.284. The molecule has 0 aliphatic heterocycles. The Morgan fingerprint density at radius 2 is 2.05 bits per heavy atom. The summed E-state index contributed by atoms with van der Waals surface area (Å²) in [5.74, 6) is 2.03. The summed E-state index contributed by atoms with van der Waals surface area (Å²) in [4.78, 5) is 4.19. The van der Waals surface area contributed by atoms with Crippen molar-refractivity contribution in [2.45, 2.75) is 40.2 Å². The molecule has 0 amide bonds. The average molecular weight is 258 g/mol. The van der Waals surface area contributed by atoms with E-state index in [1.165, 1.54) is 16.7 Å². The van der Waals surface area contributed by atoms with Gasteiger partial charge >= 0.3 is 0 Å². The van der Waals surface area contributed by atoms with Gasteiger partial charge in [0.2, 0.25) is 0 Å². The predicted molar refractivity (Wildman–Crippen MR) is 77.3 cm³/mol. The van der Waals surface area contributed by atoms with Crippen molar-refractivity contribution >= 4 is 0 Å². The number of furan rings is 1. The maximum atomic E-state index is 5.75. The average Bonchev–Trinajstić information content (AvgIpc) is 2.64. The van der Waals surface area contributed by atoms with Gasteiger partial charge in [-0.05, 0) is 50.9 Å². The van der Waals surface area contributed by atoms with Crippen molar-refractivity contribution < 1.29 is 4.42 Å². The third-order valence-electron chi connectivity index (χ3n) is 3.58. The smallest absolute Gasteiger partial charge is 0.106 e.